The van der Waals surface area contributed by atoms with Crippen molar-refractivity contribution in [2.75, 3.05) is 25.6 Å². The number of ketones is 1. The first-order valence-electron chi connectivity index (χ1n) is 7.82. The normalized spacial score (nSPS) is 10.1. The van der Waals surface area contributed by atoms with Crippen molar-refractivity contribution in [3.05, 3.63) is 59.7 Å². The highest BCUT2D eigenvalue weighted by atomic mass is 16.5. The molecule has 126 valence electrons. The fraction of sp³-hybridized carbons (Fsp3) is 0.263. The molecule has 0 fully saturated rings. The van der Waals surface area contributed by atoms with Gasteiger partial charge in [-0.05, 0) is 55.5 Å². The van der Waals surface area contributed by atoms with E-state index in [9.17, 15) is 9.59 Å². The number of Topliss-reactive ketones (excluding diaryl/α,β-unsaturated/α-hetero) is 1. The van der Waals surface area contributed by atoms with Gasteiger partial charge in [-0.2, -0.15) is 0 Å². The highest BCUT2D eigenvalue weighted by Gasteiger charge is 2.07. The van der Waals surface area contributed by atoms with Crippen LogP contribution < -0.4 is 10.1 Å². The first-order valence-corrected chi connectivity index (χ1v) is 7.82. The molecule has 0 atom stereocenters. The van der Waals surface area contributed by atoms with Crippen molar-refractivity contribution < 1.29 is 19.1 Å². The molecule has 2 rings (SSSR count). The number of rotatable bonds is 8. The maximum atomic E-state index is 12.1. The van der Waals surface area contributed by atoms with Crippen LogP contribution in [0.25, 0.3) is 0 Å². The van der Waals surface area contributed by atoms with Crippen LogP contribution in [0, 0.1) is 0 Å². The summed E-state index contributed by atoms with van der Waals surface area (Å²) >= 11 is 0. The SMILES string of the molecule is CCOC(=O)c1ccc(NCCC(=O)c2ccc(OC)cc2)cc1. The van der Waals surface area contributed by atoms with E-state index >= 15 is 0 Å². The van der Waals surface area contributed by atoms with Crippen molar-refractivity contribution in [1.29, 1.82) is 0 Å². The van der Waals surface area contributed by atoms with Crippen LogP contribution >= 0.6 is 0 Å². The van der Waals surface area contributed by atoms with Crippen LogP contribution in [-0.4, -0.2) is 32.0 Å². The summed E-state index contributed by atoms with van der Waals surface area (Å²) < 4.78 is 10.0. The maximum Gasteiger partial charge on any atom is 0.338 e. The smallest absolute Gasteiger partial charge is 0.338 e. The van der Waals surface area contributed by atoms with Crippen LogP contribution in [0.2, 0.25) is 0 Å². The Balaban J connectivity index is 1.82. The molecule has 2 aromatic carbocycles. The van der Waals surface area contributed by atoms with Gasteiger partial charge in [0.15, 0.2) is 5.78 Å². The van der Waals surface area contributed by atoms with Gasteiger partial charge in [0.25, 0.3) is 0 Å². The molecule has 0 amide bonds. The number of nitrogens with one attached hydrogen (secondary N) is 1. The van der Waals surface area contributed by atoms with Crippen molar-refractivity contribution in [1.82, 2.24) is 0 Å². The lowest BCUT2D eigenvalue weighted by molar-refractivity contribution is 0.0526. The second-order valence-corrected chi connectivity index (χ2v) is 5.13. The highest BCUT2D eigenvalue weighted by Crippen LogP contribution is 2.14. The summed E-state index contributed by atoms with van der Waals surface area (Å²) in [5, 5.41) is 3.17. The number of carbonyl (C=O) groups is 2. The van der Waals surface area contributed by atoms with E-state index in [1.165, 1.54) is 0 Å². The molecule has 0 heterocycles. The zero-order valence-electron chi connectivity index (χ0n) is 13.9. The fourth-order valence-corrected chi connectivity index (χ4v) is 2.18. The van der Waals surface area contributed by atoms with E-state index in [0.29, 0.717) is 30.7 Å². The maximum absolute atomic E-state index is 12.1. The molecule has 0 radical (unpaired) electrons. The van der Waals surface area contributed by atoms with Gasteiger partial charge in [0.1, 0.15) is 5.75 Å². The summed E-state index contributed by atoms with van der Waals surface area (Å²) in [5.74, 6) is 0.457. The number of hydrogen-bond donors (Lipinski definition) is 1. The molecular formula is C19H21NO4. The van der Waals surface area contributed by atoms with E-state index in [0.717, 1.165) is 11.4 Å². The van der Waals surface area contributed by atoms with Gasteiger partial charge in [-0.15, -0.1) is 0 Å². The summed E-state index contributed by atoms with van der Waals surface area (Å²) in [5.41, 5.74) is 2.03. The highest BCUT2D eigenvalue weighted by molar-refractivity contribution is 5.96. The zero-order chi connectivity index (χ0) is 17.4. The van der Waals surface area contributed by atoms with Crippen LogP contribution in [0.1, 0.15) is 34.1 Å². The number of benzene rings is 2. The first-order chi connectivity index (χ1) is 11.6. The van der Waals surface area contributed by atoms with Gasteiger partial charge in [0.05, 0.1) is 19.3 Å². The lowest BCUT2D eigenvalue weighted by Gasteiger charge is -2.07. The number of ether oxygens (including phenoxy) is 2. The van der Waals surface area contributed by atoms with Crippen LogP contribution in [-0.2, 0) is 4.74 Å². The van der Waals surface area contributed by atoms with E-state index in [1.807, 2.05) is 0 Å². The molecule has 0 aliphatic heterocycles. The van der Waals surface area contributed by atoms with Crippen molar-refractivity contribution in [2.45, 2.75) is 13.3 Å². The minimum atomic E-state index is -0.335. The number of esters is 1. The number of carbonyl (C=O) groups excluding carboxylic acids is 2. The van der Waals surface area contributed by atoms with E-state index < -0.39 is 0 Å². The predicted octanol–water partition coefficient (Wildman–Crippen LogP) is 3.56. The van der Waals surface area contributed by atoms with Crippen molar-refractivity contribution >= 4 is 17.4 Å². The molecule has 0 saturated heterocycles. The number of methoxy groups -OCH3 is 1. The Hall–Kier alpha value is -2.82. The lowest BCUT2D eigenvalue weighted by atomic mass is 10.1. The molecule has 24 heavy (non-hydrogen) atoms. The number of anilines is 1. The Kier molecular flexibility index (Phi) is 6.37. The van der Waals surface area contributed by atoms with Gasteiger partial charge in [-0.1, -0.05) is 0 Å². The molecule has 2 aromatic rings. The average molecular weight is 327 g/mol. The third-order valence-electron chi connectivity index (χ3n) is 3.49. The largest absolute Gasteiger partial charge is 0.497 e. The Bertz CT molecular complexity index is 678. The van der Waals surface area contributed by atoms with Crippen LogP contribution in [0.5, 0.6) is 5.75 Å². The molecule has 0 saturated carbocycles. The summed E-state index contributed by atoms with van der Waals surface area (Å²) in [6.07, 6.45) is 0.381. The monoisotopic (exact) mass is 327 g/mol. The third-order valence-corrected chi connectivity index (χ3v) is 3.49. The molecule has 0 spiro atoms. The fourth-order valence-electron chi connectivity index (χ4n) is 2.18. The molecular weight excluding hydrogens is 306 g/mol. The van der Waals surface area contributed by atoms with Crippen LogP contribution in [0.4, 0.5) is 5.69 Å². The Morgan fingerprint density at radius 3 is 2.17 bits per heavy atom. The minimum Gasteiger partial charge on any atom is -0.497 e. The van der Waals surface area contributed by atoms with Crippen LogP contribution in [0.3, 0.4) is 0 Å². The van der Waals surface area contributed by atoms with Crippen LogP contribution in [0.15, 0.2) is 48.5 Å². The molecule has 0 bridgehead atoms. The van der Waals surface area contributed by atoms with Gasteiger partial charge in [0, 0.05) is 24.2 Å². The standard InChI is InChI=1S/C19H21NO4/c1-3-24-19(22)15-4-8-16(9-5-15)20-13-12-18(21)14-6-10-17(23-2)11-7-14/h4-11,20H,3,12-13H2,1-2H3. The quantitative estimate of drug-likeness (QED) is 0.593. The summed E-state index contributed by atoms with van der Waals surface area (Å²) in [4.78, 5) is 23.7. The van der Waals surface area contributed by atoms with E-state index in [4.69, 9.17) is 9.47 Å². The average Bonchev–Trinajstić information content (AvgIpc) is 2.62. The second kappa shape index (κ2) is 8.72. The van der Waals surface area contributed by atoms with Crippen molar-refractivity contribution in [3.8, 4) is 5.75 Å². The van der Waals surface area contributed by atoms with Crippen molar-refractivity contribution in [2.24, 2.45) is 0 Å². The van der Waals surface area contributed by atoms with Gasteiger partial charge in [0.2, 0.25) is 0 Å². The summed E-state index contributed by atoms with van der Waals surface area (Å²) in [6.45, 7) is 2.64. The van der Waals surface area contributed by atoms with Gasteiger partial charge >= 0.3 is 5.97 Å². The lowest BCUT2D eigenvalue weighted by Crippen LogP contribution is -2.09. The van der Waals surface area contributed by atoms with Gasteiger partial charge in [-0.3, -0.25) is 4.79 Å². The van der Waals surface area contributed by atoms with E-state index in [1.54, 1.807) is 62.6 Å². The minimum absolute atomic E-state index is 0.0632. The van der Waals surface area contributed by atoms with E-state index in [2.05, 4.69) is 5.32 Å². The molecule has 0 aliphatic carbocycles. The molecule has 5 nitrogen and oxygen atoms in total. The summed E-state index contributed by atoms with van der Waals surface area (Å²) in [7, 11) is 1.59. The molecule has 5 heteroatoms. The Labute approximate surface area is 141 Å². The number of hydrogen-bond acceptors (Lipinski definition) is 5. The molecule has 0 aliphatic rings. The predicted molar refractivity (Wildman–Crippen MR) is 92.8 cm³/mol. The molecule has 0 aromatic heterocycles. The second-order valence-electron chi connectivity index (χ2n) is 5.13. The van der Waals surface area contributed by atoms with Gasteiger partial charge < -0.3 is 14.8 Å². The third kappa shape index (κ3) is 4.84. The molecule has 0 unspecified atom stereocenters. The first kappa shape index (κ1) is 17.5. The molecule has 1 N–H and O–H groups in total. The zero-order valence-corrected chi connectivity index (χ0v) is 13.9. The summed E-state index contributed by atoms with van der Waals surface area (Å²) in [6, 6.07) is 14.1. The van der Waals surface area contributed by atoms with E-state index in [-0.39, 0.29) is 11.8 Å². The van der Waals surface area contributed by atoms with Gasteiger partial charge in [-0.25, -0.2) is 4.79 Å². The Morgan fingerprint density at radius 1 is 0.958 bits per heavy atom. The topological polar surface area (TPSA) is 64.6 Å². The van der Waals surface area contributed by atoms with Crippen molar-refractivity contribution in [3.63, 3.8) is 0 Å². The Morgan fingerprint density at radius 2 is 1.58 bits per heavy atom.